The van der Waals surface area contributed by atoms with Crippen LogP contribution in [0, 0.1) is 0 Å². The standard InChI is InChI=1S/C18H25N3O/c1-2-11-20(10-1)14-15-22-18-7-5-17(6-8-18)4-3-12-21-13-9-19-16-21/h5-9,13,16H,1-4,10-12,14-15H2. The molecule has 0 saturated carbocycles. The molecular formula is C18H25N3O. The summed E-state index contributed by atoms with van der Waals surface area (Å²) in [6, 6.07) is 8.55. The van der Waals surface area contributed by atoms with Crippen molar-refractivity contribution in [2.75, 3.05) is 26.2 Å². The number of imidazole rings is 1. The van der Waals surface area contributed by atoms with Gasteiger partial charge < -0.3 is 9.30 Å². The molecule has 2 heterocycles. The predicted octanol–water partition coefficient (Wildman–Crippen LogP) is 2.99. The number of aryl methyl sites for hydroxylation is 2. The second-order valence-corrected chi connectivity index (χ2v) is 5.95. The van der Waals surface area contributed by atoms with Crippen molar-refractivity contribution in [2.24, 2.45) is 0 Å². The van der Waals surface area contributed by atoms with E-state index in [9.17, 15) is 0 Å². The average molecular weight is 299 g/mol. The molecule has 0 amide bonds. The first-order valence-electron chi connectivity index (χ1n) is 8.30. The van der Waals surface area contributed by atoms with Gasteiger partial charge in [-0.2, -0.15) is 0 Å². The third-order valence-electron chi connectivity index (χ3n) is 4.24. The van der Waals surface area contributed by atoms with Crippen molar-refractivity contribution < 1.29 is 4.74 Å². The van der Waals surface area contributed by atoms with Gasteiger partial charge in [0.15, 0.2) is 0 Å². The summed E-state index contributed by atoms with van der Waals surface area (Å²) in [5, 5.41) is 0. The number of nitrogens with zero attached hydrogens (tertiary/aromatic N) is 3. The molecule has 3 rings (SSSR count). The van der Waals surface area contributed by atoms with Crippen LogP contribution in [0.5, 0.6) is 5.75 Å². The summed E-state index contributed by atoms with van der Waals surface area (Å²) in [5.41, 5.74) is 1.37. The lowest BCUT2D eigenvalue weighted by atomic mass is 10.1. The fraction of sp³-hybridized carbons (Fsp3) is 0.500. The van der Waals surface area contributed by atoms with Gasteiger partial charge >= 0.3 is 0 Å². The van der Waals surface area contributed by atoms with Gasteiger partial charge in [-0.05, 0) is 56.5 Å². The Morgan fingerprint density at radius 3 is 2.59 bits per heavy atom. The van der Waals surface area contributed by atoms with Gasteiger partial charge in [0, 0.05) is 25.5 Å². The molecule has 1 aromatic carbocycles. The molecule has 0 aliphatic carbocycles. The van der Waals surface area contributed by atoms with E-state index in [-0.39, 0.29) is 0 Å². The number of hydrogen-bond donors (Lipinski definition) is 0. The number of benzene rings is 1. The van der Waals surface area contributed by atoms with E-state index in [1.807, 2.05) is 18.7 Å². The first kappa shape index (κ1) is 15.1. The summed E-state index contributed by atoms with van der Waals surface area (Å²) in [6.45, 7) is 5.33. The van der Waals surface area contributed by atoms with Gasteiger partial charge in [-0.25, -0.2) is 4.98 Å². The quantitative estimate of drug-likeness (QED) is 0.750. The lowest BCUT2D eigenvalue weighted by Gasteiger charge is -2.15. The highest BCUT2D eigenvalue weighted by molar-refractivity contribution is 5.27. The number of likely N-dealkylation sites (tertiary alicyclic amines) is 1. The number of hydrogen-bond acceptors (Lipinski definition) is 3. The van der Waals surface area contributed by atoms with Crippen molar-refractivity contribution in [3.05, 3.63) is 48.5 Å². The highest BCUT2D eigenvalue weighted by Gasteiger charge is 2.10. The molecule has 2 aromatic rings. The largest absolute Gasteiger partial charge is 0.492 e. The summed E-state index contributed by atoms with van der Waals surface area (Å²) in [6.07, 6.45) is 10.6. The molecule has 118 valence electrons. The Kier molecular flexibility index (Phi) is 5.48. The molecule has 22 heavy (non-hydrogen) atoms. The van der Waals surface area contributed by atoms with Gasteiger partial charge in [0.1, 0.15) is 12.4 Å². The molecule has 1 aliphatic rings. The number of aromatic nitrogens is 2. The van der Waals surface area contributed by atoms with Crippen LogP contribution in [0.4, 0.5) is 0 Å². The zero-order valence-electron chi connectivity index (χ0n) is 13.2. The minimum Gasteiger partial charge on any atom is -0.492 e. The van der Waals surface area contributed by atoms with Crippen LogP contribution < -0.4 is 4.74 Å². The normalized spacial score (nSPS) is 15.3. The fourth-order valence-corrected chi connectivity index (χ4v) is 2.94. The van der Waals surface area contributed by atoms with Crippen LogP contribution in [0.1, 0.15) is 24.8 Å². The summed E-state index contributed by atoms with van der Waals surface area (Å²) < 4.78 is 7.95. The molecule has 4 heteroatoms. The smallest absolute Gasteiger partial charge is 0.119 e. The van der Waals surface area contributed by atoms with E-state index < -0.39 is 0 Å². The molecule has 0 bridgehead atoms. The molecule has 4 nitrogen and oxygen atoms in total. The van der Waals surface area contributed by atoms with Gasteiger partial charge in [0.25, 0.3) is 0 Å². The Morgan fingerprint density at radius 1 is 1.05 bits per heavy atom. The predicted molar refractivity (Wildman–Crippen MR) is 88.2 cm³/mol. The molecule has 1 fully saturated rings. The minimum atomic E-state index is 0.792. The summed E-state index contributed by atoms with van der Waals surface area (Å²) in [4.78, 5) is 6.54. The summed E-state index contributed by atoms with van der Waals surface area (Å²) >= 11 is 0. The van der Waals surface area contributed by atoms with Gasteiger partial charge in [-0.1, -0.05) is 12.1 Å². The van der Waals surface area contributed by atoms with Crippen LogP contribution in [0.25, 0.3) is 0 Å². The van der Waals surface area contributed by atoms with E-state index >= 15 is 0 Å². The van der Waals surface area contributed by atoms with Gasteiger partial charge in [-0.15, -0.1) is 0 Å². The maximum atomic E-state index is 5.83. The Morgan fingerprint density at radius 2 is 1.86 bits per heavy atom. The zero-order valence-corrected chi connectivity index (χ0v) is 13.2. The lowest BCUT2D eigenvalue weighted by molar-refractivity contribution is 0.238. The monoisotopic (exact) mass is 299 g/mol. The van der Waals surface area contributed by atoms with Crippen LogP contribution in [-0.2, 0) is 13.0 Å². The Hall–Kier alpha value is -1.81. The van der Waals surface area contributed by atoms with E-state index in [4.69, 9.17) is 4.74 Å². The molecule has 0 N–H and O–H groups in total. The fourth-order valence-electron chi connectivity index (χ4n) is 2.94. The SMILES string of the molecule is c1cn(CCCc2ccc(OCCN3CCCC3)cc2)cn1. The first-order chi connectivity index (χ1) is 10.9. The van der Waals surface area contributed by atoms with Crippen LogP contribution in [-0.4, -0.2) is 40.7 Å². The van der Waals surface area contributed by atoms with Crippen molar-refractivity contribution in [1.82, 2.24) is 14.5 Å². The van der Waals surface area contributed by atoms with Crippen LogP contribution in [0.3, 0.4) is 0 Å². The van der Waals surface area contributed by atoms with Crippen molar-refractivity contribution in [3.63, 3.8) is 0 Å². The highest BCUT2D eigenvalue weighted by Crippen LogP contribution is 2.14. The Labute approximate surface area is 132 Å². The van der Waals surface area contributed by atoms with E-state index in [1.54, 1.807) is 0 Å². The van der Waals surface area contributed by atoms with E-state index in [0.717, 1.165) is 38.3 Å². The van der Waals surface area contributed by atoms with Crippen molar-refractivity contribution in [2.45, 2.75) is 32.2 Å². The topological polar surface area (TPSA) is 30.3 Å². The van der Waals surface area contributed by atoms with Crippen molar-refractivity contribution >= 4 is 0 Å². The van der Waals surface area contributed by atoms with Crippen LogP contribution >= 0.6 is 0 Å². The molecule has 0 unspecified atom stereocenters. The van der Waals surface area contributed by atoms with Crippen molar-refractivity contribution in [1.29, 1.82) is 0 Å². The van der Waals surface area contributed by atoms with Crippen molar-refractivity contribution in [3.8, 4) is 5.75 Å². The van der Waals surface area contributed by atoms with E-state index in [1.165, 1.54) is 31.5 Å². The molecule has 1 aromatic heterocycles. The average Bonchev–Trinajstić information content (AvgIpc) is 3.22. The number of rotatable bonds is 8. The summed E-state index contributed by atoms with van der Waals surface area (Å²) in [5.74, 6) is 0.984. The van der Waals surface area contributed by atoms with Gasteiger partial charge in [0.2, 0.25) is 0 Å². The Balaban J connectivity index is 1.36. The molecule has 0 spiro atoms. The minimum absolute atomic E-state index is 0.792. The van der Waals surface area contributed by atoms with E-state index in [2.05, 4.69) is 38.7 Å². The second-order valence-electron chi connectivity index (χ2n) is 5.95. The maximum Gasteiger partial charge on any atom is 0.119 e. The van der Waals surface area contributed by atoms with E-state index in [0.29, 0.717) is 0 Å². The molecule has 0 radical (unpaired) electrons. The second kappa shape index (κ2) is 7.99. The molecule has 1 aliphatic heterocycles. The summed E-state index contributed by atoms with van der Waals surface area (Å²) in [7, 11) is 0. The molecular weight excluding hydrogens is 274 g/mol. The zero-order chi connectivity index (χ0) is 15.0. The molecule has 0 atom stereocenters. The number of ether oxygens (including phenoxy) is 1. The molecule has 1 saturated heterocycles. The third kappa shape index (κ3) is 4.60. The van der Waals surface area contributed by atoms with Crippen LogP contribution in [0.15, 0.2) is 43.0 Å². The first-order valence-corrected chi connectivity index (χ1v) is 8.30. The van der Waals surface area contributed by atoms with Crippen LogP contribution in [0.2, 0.25) is 0 Å². The Bertz CT molecular complexity index is 530. The van der Waals surface area contributed by atoms with Gasteiger partial charge in [-0.3, -0.25) is 4.90 Å². The highest BCUT2D eigenvalue weighted by atomic mass is 16.5. The maximum absolute atomic E-state index is 5.83. The third-order valence-corrected chi connectivity index (χ3v) is 4.24. The van der Waals surface area contributed by atoms with Gasteiger partial charge in [0.05, 0.1) is 6.33 Å². The lowest BCUT2D eigenvalue weighted by Crippen LogP contribution is -2.25.